The Morgan fingerprint density at radius 3 is 2.75 bits per heavy atom. The highest BCUT2D eigenvalue weighted by molar-refractivity contribution is 5.10. The van der Waals surface area contributed by atoms with E-state index in [0.717, 1.165) is 19.6 Å². The quantitative estimate of drug-likeness (QED) is 0.917. The molecule has 1 aromatic heterocycles. The molecule has 1 N–H and O–H groups in total. The molecule has 3 nitrogen and oxygen atoms in total. The van der Waals surface area contributed by atoms with Gasteiger partial charge in [-0.05, 0) is 38.3 Å². The number of rotatable bonds is 3. The largest absolute Gasteiger partial charge is 0.308 e. The van der Waals surface area contributed by atoms with Crippen molar-refractivity contribution in [3.63, 3.8) is 0 Å². The van der Waals surface area contributed by atoms with E-state index in [-0.39, 0.29) is 5.54 Å². The van der Waals surface area contributed by atoms with E-state index in [1.807, 2.05) is 12.3 Å². The van der Waals surface area contributed by atoms with Crippen molar-refractivity contribution in [2.45, 2.75) is 63.6 Å². The van der Waals surface area contributed by atoms with Crippen molar-refractivity contribution in [1.82, 2.24) is 15.2 Å². The summed E-state index contributed by atoms with van der Waals surface area (Å²) in [7, 11) is 0. The average molecular weight is 273 g/mol. The van der Waals surface area contributed by atoms with E-state index in [2.05, 4.69) is 41.2 Å². The average Bonchev–Trinajstić information content (AvgIpc) is 2.95. The van der Waals surface area contributed by atoms with Gasteiger partial charge in [0.1, 0.15) is 0 Å². The Balaban J connectivity index is 1.81. The van der Waals surface area contributed by atoms with Crippen molar-refractivity contribution < 1.29 is 0 Å². The van der Waals surface area contributed by atoms with Crippen molar-refractivity contribution in [3.8, 4) is 0 Å². The Labute approximate surface area is 122 Å². The monoisotopic (exact) mass is 273 g/mol. The van der Waals surface area contributed by atoms with Crippen LogP contribution in [0, 0.1) is 0 Å². The number of nitrogens with one attached hydrogen (secondary N) is 1. The molecule has 1 unspecified atom stereocenters. The molecule has 0 radical (unpaired) electrons. The summed E-state index contributed by atoms with van der Waals surface area (Å²) in [5.41, 5.74) is 1.84. The van der Waals surface area contributed by atoms with Crippen LogP contribution < -0.4 is 5.32 Å². The highest BCUT2D eigenvalue weighted by atomic mass is 15.3. The van der Waals surface area contributed by atoms with Crippen LogP contribution in [0.5, 0.6) is 0 Å². The van der Waals surface area contributed by atoms with Crippen LogP contribution in [0.25, 0.3) is 0 Å². The first-order valence-electron chi connectivity index (χ1n) is 8.06. The molecule has 20 heavy (non-hydrogen) atoms. The molecule has 1 saturated carbocycles. The molecule has 2 fully saturated rings. The minimum absolute atomic E-state index is 0.253. The molecule has 1 aliphatic heterocycles. The van der Waals surface area contributed by atoms with E-state index in [0.29, 0.717) is 5.54 Å². The first-order chi connectivity index (χ1) is 9.66. The summed E-state index contributed by atoms with van der Waals surface area (Å²) >= 11 is 0. The van der Waals surface area contributed by atoms with Gasteiger partial charge in [-0.3, -0.25) is 9.88 Å². The van der Waals surface area contributed by atoms with E-state index in [9.17, 15) is 0 Å². The predicted molar refractivity (Wildman–Crippen MR) is 82.5 cm³/mol. The lowest BCUT2D eigenvalue weighted by atomic mass is 9.85. The van der Waals surface area contributed by atoms with Crippen LogP contribution in [0.1, 0.15) is 51.6 Å². The molecular formula is C17H27N3. The summed E-state index contributed by atoms with van der Waals surface area (Å²) in [6.07, 6.45) is 8.53. The zero-order valence-corrected chi connectivity index (χ0v) is 12.9. The number of pyridine rings is 1. The molecule has 0 aromatic carbocycles. The van der Waals surface area contributed by atoms with Gasteiger partial charge in [-0.25, -0.2) is 0 Å². The maximum atomic E-state index is 4.54. The van der Waals surface area contributed by atoms with Gasteiger partial charge >= 0.3 is 0 Å². The normalized spacial score (nSPS) is 29.9. The van der Waals surface area contributed by atoms with Gasteiger partial charge < -0.3 is 5.32 Å². The third-order valence-electron chi connectivity index (χ3n) is 5.45. The van der Waals surface area contributed by atoms with Crippen LogP contribution in [-0.4, -0.2) is 34.1 Å². The van der Waals surface area contributed by atoms with Gasteiger partial charge in [-0.2, -0.15) is 0 Å². The topological polar surface area (TPSA) is 28.2 Å². The predicted octanol–water partition coefficient (Wildman–Crippen LogP) is 2.97. The van der Waals surface area contributed by atoms with Crippen molar-refractivity contribution >= 4 is 0 Å². The minimum atomic E-state index is 0.253. The number of piperazine rings is 1. The fourth-order valence-corrected chi connectivity index (χ4v) is 3.81. The lowest BCUT2D eigenvalue weighted by Gasteiger charge is -2.52. The van der Waals surface area contributed by atoms with E-state index >= 15 is 0 Å². The van der Waals surface area contributed by atoms with E-state index in [4.69, 9.17) is 0 Å². The fourth-order valence-electron chi connectivity index (χ4n) is 3.81. The SMILES string of the molecule is CCC1(C)CN(Cc2ccccn2)C2(CCCC2)CN1. The van der Waals surface area contributed by atoms with Gasteiger partial charge in [0.15, 0.2) is 0 Å². The van der Waals surface area contributed by atoms with Gasteiger partial charge in [0.05, 0.1) is 5.69 Å². The van der Waals surface area contributed by atoms with E-state index in [1.54, 1.807) is 0 Å². The Morgan fingerprint density at radius 1 is 1.30 bits per heavy atom. The van der Waals surface area contributed by atoms with Gasteiger partial charge in [-0.15, -0.1) is 0 Å². The van der Waals surface area contributed by atoms with Crippen molar-refractivity contribution in [1.29, 1.82) is 0 Å². The number of nitrogens with zero attached hydrogens (tertiary/aromatic N) is 2. The van der Waals surface area contributed by atoms with Crippen molar-refractivity contribution in [3.05, 3.63) is 30.1 Å². The summed E-state index contributed by atoms with van der Waals surface area (Å²) in [6, 6.07) is 6.27. The molecule has 2 heterocycles. The van der Waals surface area contributed by atoms with Gasteiger partial charge in [0.25, 0.3) is 0 Å². The first kappa shape index (κ1) is 14.0. The summed E-state index contributed by atoms with van der Waals surface area (Å²) in [4.78, 5) is 7.26. The molecule has 0 bridgehead atoms. The number of hydrogen-bond donors (Lipinski definition) is 1. The Hall–Kier alpha value is -0.930. The van der Waals surface area contributed by atoms with Crippen molar-refractivity contribution in [2.75, 3.05) is 13.1 Å². The van der Waals surface area contributed by atoms with Crippen LogP contribution in [0.15, 0.2) is 24.4 Å². The highest BCUT2D eigenvalue weighted by Gasteiger charge is 2.46. The summed E-state index contributed by atoms with van der Waals surface area (Å²) < 4.78 is 0. The lowest BCUT2D eigenvalue weighted by molar-refractivity contribution is 0.00446. The molecule has 1 spiro atoms. The molecular weight excluding hydrogens is 246 g/mol. The Morgan fingerprint density at radius 2 is 2.10 bits per heavy atom. The number of hydrogen-bond acceptors (Lipinski definition) is 3. The van der Waals surface area contributed by atoms with Crippen LogP contribution in [0.3, 0.4) is 0 Å². The lowest BCUT2D eigenvalue weighted by Crippen LogP contribution is -2.67. The maximum Gasteiger partial charge on any atom is 0.0544 e. The molecule has 1 aliphatic carbocycles. The minimum Gasteiger partial charge on any atom is -0.308 e. The fraction of sp³-hybridized carbons (Fsp3) is 0.706. The standard InChI is InChI=1S/C17H27N3/c1-3-16(2)14-20(12-15-8-4-7-11-18-15)17(13-19-16)9-5-6-10-17/h4,7-8,11,19H,3,5-6,9-10,12-14H2,1-2H3. The molecule has 3 heteroatoms. The second kappa shape index (κ2) is 5.45. The second-order valence-electron chi connectivity index (χ2n) is 6.88. The highest BCUT2D eigenvalue weighted by Crippen LogP contribution is 2.39. The van der Waals surface area contributed by atoms with Gasteiger partial charge in [0, 0.05) is 36.9 Å². The van der Waals surface area contributed by atoms with Crippen LogP contribution in [-0.2, 0) is 6.54 Å². The Kier molecular flexibility index (Phi) is 3.83. The molecule has 110 valence electrons. The van der Waals surface area contributed by atoms with E-state index in [1.165, 1.54) is 37.8 Å². The molecule has 3 rings (SSSR count). The van der Waals surface area contributed by atoms with Crippen LogP contribution in [0.4, 0.5) is 0 Å². The third-order valence-corrected chi connectivity index (χ3v) is 5.45. The molecule has 1 atom stereocenters. The van der Waals surface area contributed by atoms with Gasteiger partial charge in [0.2, 0.25) is 0 Å². The van der Waals surface area contributed by atoms with Gasteiger partial charge in [-0.1, -0.05) is 25.8 Å². The molecule has 1 aromatic rings. The van der Waals surface area contributed by atoms with Crippen molar-refractivity contribution in [2.24, 2.45) is 0 Å². The van der Waals surface area contributed by atoms with E-state index < -0.39 is 0 Å². The summed E-state index contributed by atoms with van der Waals surface area (Å²) in [5.74, 6) is 0. The maximum absolute atomic E-state index is 4.54. The summed E-state index contributed by atoms with van der Waals surface area (Å²) in [6.45, 7) is 7.93. The second-order valence-corrected chi connectivity index (χ2v) is 6.88. The number of aromatic nitrogens is 1. The smallest absolute Gasteiger partial charge is 0.0544 e. The van der Waals surface area contributed by atoms with Crippen LogP contribution in [0.2, 0.25) is 0 Å². The zero-order valence-electron chi connectivity index (χ0n) is 12.9. The molecule has 0 amide bonds. The zero-order chi connectivity index (χ0) is 14.1. The molecule has 2 aliphatic rings. The third kappa shape index (κ3) is 2.61. The Bertz CT molecular complexity index is 439. The summed E-state index contributed by atoms with van der Waals surface area (Å²) in [5, 5.41) is 3.83. The van der Waals surface area contributed by atoms with Crippen LogP contribution >= 0.6 is 0 Å². The first-order valence-corrected chi connectivity index (χ1v) is 8.06. The molecule has 1 saturated heterocycles.